The van der Waals surface area contributed by atoms with Gasteiger partial charge in [-0.15, -0.1) is 0 Å². The monoisotopic (exact) mass is 398 g/mol. The van der Waals surface area contributed by atoms with Crippen molar-refractivity contribution in [1.29, 1.82) is 0 Å². The molecule has 0 aliphatic carbocycles. The number of benzene rings is 1. The van der Waals surface area contributed by atoms with Crippen molar-refractivity contribution in [3.8, 4) is 0 Å². The molecule has 0 spiro atoms. The molecule has 0 saturated carbocycles. The molecule has 3 aliphatic heterocycles. The Morgan fingerprint density at radius 2 is 1.93 bits per heavy atom. The fourth-order valence-corrected chi connectivity index (χ4v) is 5.05. The van der Waals surface area contributed by atoms with Gasteiger partial charge < -0.3 is 15.0 Å². The standard InChI is InChI=1S/C24H34N2O3/c1-24(2)16-25-22(27)20-11-9-18(13-21(20)24)23(28)26-12-6-4-3-5-7-17-8-10-19(26)15-29-14-17/h9,11,13,17,19H,3-8,10,12,14-16H2,1-2H3,(H,25,27). The van der Waals surface area contributed by atoms with E-state index in [1.54, 1.807) is 0 Å². The third kappa shape index (κ3) is 4.35. The molecule has 29 heavy (non-hydrogen) atoms. The summed E-state index contributed by atoms with van der Waals surface area (Å²) >= 11 is 0. The van der Waals surface area contributed by atoms with Crippen molar-refractivity contribution < 1.29 is 14.3 Å². The fourth-order valence-electron chi connectivity index (χ4n) is 5.05. The predicted octanol–water partition coefficient (Wildman–Crippen LogP) is 3.91. The van der Waals surface area contributed by atoms with E-state index in [0.717, 1.165) is 38.0 Å². The van der Waals surface area contributed by atoms with E-state index in [1.807, 2.05) is 18.2 Å². The van der Waals surface area contributed by atoms with E-state index in [4.69, 9.17) is 4.74 Å². The highest BCUT2D eigenvalue weighted by atomic mass is 16.5. The van der Waals surface area contributed by atoms with Crippen molar-refractivity contribution >= 4 is 11.8 Å². The number of hydrogen-bond acceptors (Lipinski definition) is 3. The molecule has 2 amide bonds. The summed E-state index contributed by atoms with van der Waals surface area (Å²) in [7, 11) is 0. The Labute approximate surface area is 174 Å². The Kier molecular flexibility index (Phi) is 5.95. The van der Waals surface area contributed by atoms with Gasteiger partial charge in [0, 0.05) is 36.2 Å². The number of ether oxygens (including phenoxy) is 1. The van der Waals surface area contributed by atoms with Crippen LogP contribution in [0, 0.1) is 5.92 Å². The largest absolute Gasteiger partial charge is 0.379 e. The molecule has 1 aromatic carbocycles. The van der Waals surface area contributed by atoms with Crippen LogP contribution in [0.2, 0.25) is 0 Å². The summed E-state index contributed by atoms with van der Waals surface area (Å²) in [6, 6.07) is 5.76. The lowest BCUT2D eigenvalue weighted by atomic mass is 9.78. The zero-order chi connectivity index (χ0) is 20.4. The highest BCUT2D eigenvalue weighted by molar-refractivity contribution is 6.00. The minimum atomic E-state index is -0.179. The van der Waals surface area contributed by atoms with Crippen LogP contribution >= 0.6 is 0 Å². The molecule has 2 unspecified atom stereocenters. The second-order valence-corrected chi connectivity index (χ2v) is 9.66. The van der Waals surface area contributed by atoms with E-state index >= 15 is 0 Å². The SMILES string of the molecule is CC1(C)CNC(=O)c2ccc(C(=O)N3CCCCCCC4CCC3COC4)cc21. The number of nitrogens with zero attached hydrogens (tertiary/aromatic N) is 1. The molecule has 1 aromatic rings. The lowest BCUT2D eigenvalue weighted by molar-refractivity contribution is 0.0438. The number of carbonyl (C=O) groups excluding carboxylic acids is 2. The Morgan fingerprint density at radius 1 is 1.10 bits per heavy atom. The first-order chi connectivity index (χ1) is 14.0. The topological polar surface area (TPSA) is 58.6 Å². The Morgan fingerprint density at radius 3 is 2.79 bits per heavy atom. The van der Waals surface area contributed by atoms with Gasteiger partial charge >= 0.3 is 0 Å². The van der Waals surface area contributed by atoms with Gasteiger partial charge in [0.15, 0.2) is 0 Å². The predicted molar refractivity (Wildman–Crippen MR) is 113 cm³/mol. The lowest BCUT2D eigenvalue weighted by Crippen LogP contribution is -2.45. The zero-order valence-corrected chi connectivity index (χ0v) is 17.8. The molecule has 2 saturated heterocycles. The van der Waals surface area contributed by atoms with Crippen molar-refractivity contribution in [2.75, 3.05) is 26.3 Å². The summed E-state index contributed by atoms with van der Waals surface area (Å²) < 4.78 is 6.00. The van der Waals surface area contributed by atoms with E-state index < -0.39 is 0 Å². The van der Waals surface area contributed by atoms with Gasteiger partial charge in [0.1, 0.15) is 0 Å². The minimum absolute atomic E-state index is 0.0446. The van der Waals surface area contributed by atoms with Gasteiger partial charge in [0.2, 0.25) is 0 Å². The Balaban J connectivity index is 1.62. The number of nitrogens with one attached hydrogen (secondary N) is 1. The zero-order valence-electron chi connectivity index (χ0n) is 17.8. The van der Waals surface area contributed by atoms with Crippen LogP contribution in [0.3, 0.4) is 0 Å². The fraction of sp³-hybridized carbons (Fsp3) is 0.667. The third-order valence-corrected chi connectivity index (χ3v) is 6.97. The van der Waals surface area contributed by atoms with E-state index in [2.05, 4.69) is 24.1 Å². The van der Waals surface area contributed by atoms with E-state index in [0.29, 0.717) is 30.2 Å². The first kappa shape index (κ1) is 20.4. The summed E-state index contributed by atoms with van der Waals surface area (Å²) in [6.07, 6.45) is 8.16. The van der Waals surface area contributed by atoms with Gasteiger partial charge in [0.05, 0.1) is 12.6 Å². The van der Waals surface area contributed by atoms with Crippen molar-refractivity contribution in [2.45, 2.75) is 70.3 Å². The summed E-state index contributed by atoms with van der Waals surface area (Å²) in [5.74, 6) is 0.677. The van der Waals surface area contributed by atoms with Crippen LogP contribution in [0.15, 0.2) is 18.2 Å². The maximum absolute atomic E-state index is 13.6. The van der Waals surface area contributed by atoms with Gasteiger partial charge in [-0.1, -0.05) is 33.1 Å². The first-order valence-corrected chi connectivity index (χ1v) is 11.3. The maximum atomic E-state index is 13.6. The molecular formula is C24H34N2O3. The smallest absolute Gasteiger partial charge is 0.254 e. The summed E-state index contributed by atoms with van der Waals surface area (Å²) in [6.45, 7) is 7.09. The third-order valence-electron chi connectivity index (χ3n) is 6.97. The highest BCUT2D eigenvalue weighted by Gasteiger charge is 2.34. The average molecular weight is 399 g/mol. The summed E-state index contributed by atoms with van der Waals surface area (Å²) in [5.41, 5.74) is 2.18. The molecule has 2 bridgehead atoms. The second kappa shape index (κ2) is 8.47. The molecule has 0 radical (unpaired) electrons. The molecular weight excluding hydrogens is 364 g/mol. The van der Waals surface area contributed by atoms with Gasteiger partial charge in [-0.05, 0) is 55.4 Å². The van der Waals surface area contributed by atoms with Gasteiger partial charge in [-0.2, -0.15) is 0 Å². The number of hydrogen-bond donors (Lipinski definition) is 1. The summed E-state index contributed by atoms with van der Waals surface area (Å²) in [4.78, 5) is 27.9. The number of rotatable bonds is 1. The van der Waals surface area contributed by atoms with Crippen LogP contribution in [0.1, 0.15) is 85.1 Å². The minimum Gasteiger partial charge on any atom is -0.379 e. The van der Waals surface area contributed by atoms with Crippen LogP contribution in [-0.2, 0) is 10.2 Å². The Hall–Kier alpha value is -1.88. The maximum Gasteiger partial charge on any atom is 0.254 e. The molecule has 5 nitrogen and oxygen atoms in total. The molecule has 2 atom stereocenters. The normalized spacial score (nSPS) is 27.4. The molecule has 5 heteroatoms. The van der Waals surface area contributed by atoms with Crippen LogP contribution in [0.4, 0.5) is 0 Å². The average Bonchev–Trinajstić information content (AvgIpc) is 2.96. The molecule has 0 aromatic heterocycles. The van der Waals surface area contributed by atoms with Crippen LogP contribution in [0.5, 0.6) is 0 Å². The number of amides is 2. The lowest BCUT2D eigenvalue weighted by Gasteiger charge is -2.34. The van der Waals surface area contributed by atoms with Crippen molar-refractivity contribution in [3.05, 3.63) is 34.9 Å². The molecule has 3 aliphatic rings. The molecule has 2 fully saturated rings. The van der Waals surface area contributed by atoms with Crippen LogP contribution < -0.4 is 5.32 Å². The number of carbonyl (C=O) groups is 2. The number of fused-ring (bicyclic) bond motifs is 4. The van der Waals surface area contributed by atoms with E-state index in [9.17, 15) is 9.59 Å². The molecule has 1 N–H and O–H groups in total. The van der Waals surface area contributed by atoms with Crippen molar-refractivity contribution in [3.63, 3.8) is 0 Å². The van der Waals surface area contributed by atoms with E-state index in [1.165, 1.54) is 25.7 Å². The highest BCUT2D eigenvalue weighted by Crippen LogP contribution is 2.31. The first-order valence-electron chi connectivity index (χ1n) is 11.3. The van der Waals surface area contributed by atoms with E-state index in [-0.39, 0.29) is 23.3 Å². The Bertz CT molecular complexity index is 773. The van der Waals surface area contributed by atoms with Crippen LogP contribution in [-0.4, -0.2) is 49.1 Å². The quantitative estimate of drug-likeness (QED) is 0.780. The van der Waals surface area contributed by atoms with Gasteiger partial charge in [-0.3, -0.25) is 9.59 Å². The van der Waals surface area contributed by atoms with Crippen LogP contribution in [0.25, 0.3) is 0 Å². The summed E-state index contributed by atoms with van der Waals surface area (Å²) in [5, 5.41) is 2.95. The van der Waals surface area contributed by atoms with Gasteiger partial charge in [0.25, 0.3) is 11.8 Å². The molecule has 158 valence electrons. The second-order valence-electron chi connectivity index (χ2n) is 9.66. The molecule has 3 heterocycles. The van der Waals surface area contributed by atoms with Crippen molar-refractivity contribution in [2.24, 2.45) is 5.92 Å². The van der Waals surface area contributed by atoms with Crippen molar-refractivity contribution in [1.82, 2.24) is 10.2 Å². The van der Waals surface area contributed by atoms with Gasteiger partial charge in [-0.25, -0.2) is 0 Å². The molecule has 4 rings (SSSR count).